The van der Waals surface area contributed by atoms with Gasteiger partial charge in [-0.05, 0) is 38.7 Å². The predicted molar refractivity (Wildman–Crippen MR) is 106 cm³/mol. The smallest absolute Gasteiger partial charge is 0.224 e. The molecule has 0 unspecified atom stereocenters. The summed E-state index contributed by atoms with van der Waals surface area (Å²) in [6.07, 6.45) is 4.25. The Labute approximate surface area is 161 Å². The number of ether oxygens (including phenoxy) is 1. The maximum absolute atomic E-state index is 12.3. The molecule has 1 N–H and O–H groups in total. The third-order valence-corrected chi connectivity index (χ3v) is 5.10. The second-order valence-corrected chi connectivity index (χ2v) is 7.14. The number of amides is 1. The molecule has 2 heterocycles. The number of carbonyl (C=O) groups excluding carboxylic acids is 1. The van der Waals surface area contributed by atoms with E-state index >= 15 is 0 Å². The van der Waals surface area contributed by atoms with E-state index in [-0.39, 0.29) is 5.91 Å². The molecule has 2 aromatic rings. The summed E-state index contributed by atoms with van der Waals surface area (Å²) in [6.45, 7) is 6.60. The van der Waals surface area contributed by atoms with Crippen molar-refractivity contribution in [1.82, 2.24) is 15.3 Å². The van der Waals surface area contributed by atoms with Gasteiger partial charge in [-0.3, -0.25) is 9.78 Å². The van der Waals surface area contributed by atoms with Crippen LogP contribution in [0.25, 0.3) is 0 Å². The lowest BCUT2D eigenvalue weighted by Gasteiger charge is -2.33. The zero-order valence-corrected chi connectivity index (χ0v) is 16.4. The van der Waals surface area contributed by atoms with E-state index in [1.165, 1.54) is 0 Å². The minimum Gasteiger partial charge on any atom is -0.496 e. The summed E-state index contributed by atoms with van der Waals surface area (Å²) in [5, 5.41) is 3.09. The van der Waals surface area contributed by atoms with Crippen LogP contribution in [-0.4, -0.2) is 42.6 Å². The predicted octanol–water partition coefficient (Wildman–Crippen LogP) is 2.68. The lowest BCUT2D eigenvalue weighted by atomic mass is 9.96. The number of carbonyl (C=O) groups is 1. The van der Waals surface area contributed by atoms with Crippen LogP contribution in [0, 0.1) is 19.8 Å². The Morgan fingerprint density at radius 2 is 2.00 bits per heavy atom. The molecule has 1 amide bonds. The molecule has 0 bridgehead atoms. The van der Waals surface area contributed by atoms with Gasteiger partial charge in [0, 0.05) is 31.4 Å². The highest BCUT2D eigenvalue weighted by Gasteiger charge is 2.22. The molecule has 3 rings (SSSR count). The summed E-state index contributed by atoms with van der Waals surface area (Å²) in [5.74, 6) is 2.30. The number of para-hydroxylation sites is 1. The Kier molecular flexibility index (Phi) is 6.27. The Bertz CT molecular complexity index is 786. The van der Waals surface area contributed by atoms with Crippen LogP contribution in [0.15, 0.2) is 30.5 Å². The zero-order chi connectivity index (χ0) is 19.2. The second kappa shape index (κ2) is 8.84. The number of anilines is 1. The minimum atomic E-state index is 0.0438. The lowest BCUT2D eigenvalue weighted by Crippen LogP contribution is -2.39. The molecule has 27 heavy (non-hydrogen) atoms. The molecule has 0 atom stereocenters. The molecule has 1 aromatic heterocycles. The number of benzene rings is 1. The number of piperidine rings is 1. The van der Waals surface area contributed by atoms with Crippen molar-refractivity contribution in [3.05, 3.63) is 47.4 Å². The van der Waals surface area contributed by atoms with E-state index in [2.05, 4.69) is 20.2 Å². The van der Waals surface area contributed by atoms with Gasteiger partial charge in [-0.15, -0.1) is 0 Å². The maximum Gasteiger partial charge on any atom is 0.224 e. The molecule has 0 spiro atoms. The number of nitrogens with zero attached hydrogens (tertiary/aromatic N) is 3. The fourth-order valence-electron chi connectivity index (χ4n) is 3.52. The van der Waals surface area contributed by atoms with Gasteiger partial charge >= 0.3 is 0 Å². The summed E-state index contributed by atoms with van der Waals surface area (Å²) in [6, 6.07) is 7.65. The first-order valence-corrected chi connectivity index (χ1v) is 9.50. The van der Waals surface area contributed by atoms with E-state index < -0.39 is 0 Å². The van der Waals surface area contributed by atoms with Gasteiger partial charge in [-0.2, -0.15) is 0 Å². The number of nitrogens with one attached hydrogen (secondary N) is 1. The highest BCUT2D eigenvalue weighted by molar-refractivity contribution is 5.79. The number of hydrogen-bond donors (Lipinski definition) is 1. The first-order chi connectivity index (χ1) is 13.1. The second-order valence-electron chi connectivity index (χ2n) is 7.14. The summed E-state index contributed by atoms with van der Waals surface area (Å²) in [7, 11) is 1.63. The largest absolute Gasteiger partial charge is 0.496 e. The van der Waals surface area contributed by atoms with Gasteiger partial charge in [-0.25, -0.2) is 4.98 Å². The Morgan fingerprint density at radius 3 is 2.74 bits per heavy atom. The van der Waals surface area contributed by atoms with Crippen molar-refractivity contribution in [2.75, 3.05) is 31.6 Å². The molecule has 0 radical (unpaired) electrons. The monoisotopic (exact) mass is 368 g/mol. The highest BCUT2D eigenvalue weighted by atomic mass is 16.5. The van der Waals surface area contributed by atoms with Crippen molar-refractivity contribution in [2.45, 2.75) is 33.1 Å². The van der Waals surface area contributed by atoms with Crippen molar-refractivity contribution in [2.24, 2.45) is 5.92 Å². The molecule has 1 aliphatic heterocycles. The van der Waals surface area contributed by atoms with Crippen LogP contribution in [0.5, 0.6) is 5.75 Å². The topological polar surface area (TPSA) is 67.3 Å². The van der Waals surface area contributed by atoms with E-state index in [4.69, 9.17) is 4.74 Å². The van der Waals surface area contributed by atoms with Gasteiger partial charge in [0.05, 0.1) is 24.9 Å². The van der Waals surface area contributed by atoms with Gasteiger partial charge in [0.15, 0.2) is 0 Å². The molecule has 0 saturated carbocycles. The van der Waals surface area contributed by atoms with Crippen molar-refractivity contribution < 1.29 is 9.53 Å². The molecule has 1 aliphatic rings. The summed E-state index contributed by atoms with van der Waals surface area (Å²) < 4.78 is 5.32. The molecule has 144 valence electrons. The molecule has 1 fully saturated rings. The highest BCUT2D eigenvalue weighted by Crippen LogP contribution is 2.23. The summed E-state index contributed by atoms with van der Waals surface area (Å²) in [4.78, 5) is 23.7. The maximum atomic E-state index is 12.3. The molecular weight excluding hydrogens is 340 g/mol. The van der Waals surface area contributed by atoms with E-state index in [1.54, 1.807) is 7.11 Å². The van der Waals surface area contributed by atoms with E-state index in [0.29, 0.717) is 12.3 Å². The fraction of sp³-hybridized carbons (Fsp3) is 0.476. The third kappa shape index (κ3) is 4.96. The van der Waals surface area contributed by atoms with Gasteiger partial charge in [0.1, 0.15) is 11.6 Å². The molecule has 6 nitrogen and oxygen atoms in total. The van der Waals surface area contributed by atoms with Crippen molar-refractivity contribution >= 4 is 11.7 Å². The lowest BCUT2D eigenvalue weighted by molar-refractivity contribution is -0.120. The van der Waals surface area contributed by atoms with Crippen LogP contribution in [-0.2, 0) is 11.2 Å². The number of rotatable bonds is 6. The molecule has 6 heteroatoms. The number of aromatic nitrogens is 2. The van der Waals surface area contributed by atoms with Crippen LogP contribution in [0.3, 0.4) is 0 Å². The number of hydrogen-bond acceptors (Lipinski definition) is 5. The fourth-order valence-corrected chi connectivity index (χ4v) is 3.52. The Balaban J connectivity index is 1.47. The average Bonchev–Trinajstić information content (AvgIpc) is 2.69. The van der Waals surface area contributed by atoms with Gasteiger partial charge in [0.25, 0.3) is 0 Å². The minimum absolute atomic E-state index is 0.0438. The number of aryl methyl sites for hydroxylation is 2. The Morgan fingerprint density at radius 1 is 1.26 bits per heavy atom. The molecule has 1 saturated heterocycles. The van der Waals surface area contributed by atoms with Crippen molar-refractivity contribution in [3.63, 3.8) is 0 Å². The van der Waals surface area contributed by atoms with Crippen LogP contribution in [0.2, 0.25) is 0 Å². The SMILES string of the molecule is COc1ccccc1CC(=O)NCC1CCN(c2nc(C)cnc2C)CC1. The van der Waals surface area contributed by atoms with E-state index in [9.17, 15) is 4.79 Å². The van der Waals surface area contributed by atoms with E-state index in [1.807, 2.05) is 44.3 Å². The molecule has 0 aliphatic carbocycles. The van der Waals surface area contributed by atoms with Gasteiger partial charge in [-0.1, -0.05) is 18.2 Å². The van der Waals surface area contributed by atoms with Crippen molar-refractivity contribution in [3.8, 4) is 5.75 Å². The van der Waals surface area contributed by atoms with Gasteiger partial charge < -0.3 is 15.0 Å². The summed E-state index contributed by atoms with van der Waals surface area (Å²) >= 11 is 0. The summed E-state index contributed by atoms with van der Waals surface area (Å²) in [5.41, 5.74) is 2.84. The van der Waals surface area contributed by atoms with Crippen LogP contribution >= 0.6 is 0 Å². The molecule has 1 aromatic carbocycles. The van der Waals surface area contributed by atoms with Crippen molar-refractivity contribution in [1.29, 1.82) is 0 Å². The van der Waals surface area contributed by atoms with E-state index in [0.717, 1.165) is 61.0 Å². The average molecular weight is 368 g/mol. The quantitative estimate of drug-likeness (QED) is 0.849. The van der Waals surface area contributed by atoms with Gasteiger partial charge in [0.2, 0.25) is 5.91 Å². The number of methoxy groups -OCH3 is 1. The first kappa shape index (κ1) is 19.1. The zero-order valence-electron chi connectivity index (χ0n) is 16.4. The van der Waals surface area contributed by atoms with Crippen LogP contribution < -0.4 is 15.0 Å². The van der Waals surface area contributed by atoms with Crippen LogP contribution in [0.4, 0.5) is 5.82 Å². The standard InChI is InChI=1S/C21H28N4O2/c1-15-13-22-16(2)21(24-15)25-10-8-17(9-11-25)14-23-20(26)12-18-6-4-5-7-19(18)27-3/h4-7,13,17H,8-12,14H2,1-3H3,(H,23,26). The molecular formula is C21H28N4O2. The Hall–Kier alpha value is -2.63. The third-order valence-electron chi connectivity index (χ3n) is 5.10. The normalized spacial score (nSPS) is 14.9. The first-order valence-electron chi connectivity index (χ1n) is 9.50. The van der Waals surface area contributed by atoms with Crippen LogP contribution in [0.1, 0.15) is 29.8 Å².